The van der Waals surface area contributed by atoms with Crippen molar-refractivity contribution in [2.45, 2.75) is 96.8 Å². The van der Waals surface area contributed by atoms with Gasteiger partial charge < -0.3 is 49.7 Å². The number of fused-ring (bicyclic) bond motifs is 6. The molecular weight excluding hydrogens is 769 g/mol. The highest BCUT2D eigenvalue weighted by atomic mass is 16.5. The highest BCUT2D eigenvalue weighted by Gasteiger charge is 2.42. The summed E-state index contributed by atoms with van der Waals surface area (Å²) in [4.78, 5) is 71.7. The molecule has 0 radical (unpaired) electrons. The summed E-state index contributed by atoms with van der Waals surface area (Å²) in [5, 5.41) is 16.4. The number of imidazole rings is 2. The van der Waals surface area contributed by atoms with Crippen LogP contribution >= 0.6 is 0 Å². The fourth-order valence-electron chi connectivity index (χ4n) is 9.14. The van der Waals surface area contributed by atoms with Crippen molar-refractivity contribution in [1.82, 2.24) is 40.4 Å². The largest absolute Gasteiger partial charge is 0.488 e. The minimum atomic E-state index is -1.22. The monoisotopic (exact) mass is 820 g/mol. The number of H-pyrrole nitrogens is 2. The van der Waals surface area contributed by atoms with Crippen LogP contribution in [0.5, 0.6) is 5.75 Å². The molecule has 3 aliphatic rings. The molecule has 2 fully saturated rings. The van der Waals surface area contributed by atoms with E-state index in [2.05, 4.69) is 57.9 Å². The van der Waals surface area contributed by atoms with Crippen LogP contribution in [0.4, 0.5) is 9.59 Å². The Balaban J connectivity index is 1.05. The molecule has 2 saturated heterocycles. The summed E-state index contributed by atoms with van der Waals surface area (Å²) in [5.74, 6) is 1.58. The van der Waals surface area contributed by atoms with Crippen LogP contribution in [0.1, 0.15) is 83.2 Å². The number of rotatable bonds is 10. The van der Waals surface area contributed by atoms with E-state index in [9.17, 15) is 24.3 Å². The summed E-state index contributed by atoms with van der Waals surface area (Å²) >= 11 is 0. The molecule has 8 rings (SSSR count). The van der Waals surface area contributed by atoms with Crippen molar-refractivity contribution < 1.29 is 38.5 Å². The van der Waals surface area contributed by atoms with Gasteiger partial charge in [-0.1, -0.05) is 39.0 Å². The maximum absolute atomic E-state index is 14.0. The van der Waals surface area contributed by atoms with Crippen molar-refractivity contribution in [3.8, 4) is 28.1 Å². The molecule has 60 heavy (non-hydrogen) atoms. The molecular formula is C44H52N8O8. The van der Waals surface area contributed by atoms with E-state index in [1.54, 1.807) is 22.9 Å². The lowest BCUT2D eigenvalue weighted by Gasteiger charge is -2.32. The number of hydrogen-bond donors (Lipinski definition) is 5. The Bertz CT molecular complexity index is 2480. The van der Waals surface area contributed by atoms with Gasteiger partial charge in [-0.05, 0) is 91.3 Å². The van der Waals surface area contributed by atoms with Crippen LogP contribution in [0.25, 0.3) is 44.2 Å². The Kier molecular flexibility index (Phi) is 10.9. The second-order valence-electron chi connectivity index (χ2n) is 16.8. The van der Waals surface area contributed by atoms with Gasteiger partial charge in [-0.15, -0.1) is 0 Å². The quantitative estimate of drug-likeness (QED) is 0.101. The van der Waals surface area contributed by atoms with E-state index in [-0.39, 0.29) is 41.8 Å². The maximum Gasteiger partial charge on any atom is 0.407 e. The Morgan fingerprint density at radius 1 is 0.917 bits per heavy atom. The number of carbonyl (C=O) groups is 4. The summed E-state index contributed by atoms with van der Waals surface area (Å²) in [6.45, 7) is 10.4. The molecule has 0 unspecified atom stereocenters. The third-order valence-corrected chi connectivity index (χ3v) is 12.4. The minimum absolute atomic E-state index is 0.0604. The summed E-state index contributed by atoms with van der Waals surface area (Å²) in [6.07, 6.45) is 1.48. The molecule has 5 aromatic rings. The van der Waals surface area contributed by atoms with Crippen molar-refractivity contribution in [1.29, 1.82) is 0 Å². The predicted octanol–water partition coefficient (Wildman–Crippen LogP) is 6.68. The molecule has 5 N–H and O–H groups in total. The third-order valence-electron chi connectivity index (χ3n) is 12.4. The molecule has 16 heteroatoms. The Labute approximate surface area is 347 Å². The van der Waals surface area contributed by atoms with E-state index in [0.29, 0.717) is 31.2 Å². The minimum Gasteiger partial charge on any atom is -0.488 e. The zero-order chi connectivity index (χ0) is 42.6. The van der Waals surface area contributed by atoms with E-state index < -0.39 is 30.4 Å². The number of carboxylic acid groups (broad SMARTS) is 1. The summed E-state index contributed by atoms with van der Waals surface area (Å²) in [6, 6.07) is 12.0. The van der Waals surface area contributed by atoms with Gasteiger partial charge in [0.05, 0.1) is 48.2 Å². The van der Waals surface area contributed by atoms with Crippen LogP contribution in [0.2, 0.25) is 0 Å². The zero-order valence-electron chi connectivity index (χ0n) is 34.9. The molecule has 4 amide bonds. The maximum atomic E-state index is 14.0. The molecule has 0 aliphatic carbocycles. The Morgan fingerprint density at radius 2 is 1.72 bits per heavy atom. The van der Waals surface area contributed by atoms with Crippen LogP contribution in [0, 0.1) is 11.8 Å². The molecule has 3 aliphatic heterocycles. The van der Waals surface area contributed by atoms with Gasteiger partial charge in [0.1, 0.15) is 36.1 Å². The van der Waals surface area contributed by atoms with Gasteiger partial charge in [-0.2, -0.15) is 0 Å². The predicted molar refractivity (Wildman–Crippen MR) is 223 cm³/mol. The number of likely N-dealkylation sites (tertiary alicyclic amines) is 2. The lowest BCUT2D eigenvalue weighted by Crippen LogP contribution is -2.54. The van der Waals surface area contributed by atoms with Gasteiger partial charge in [-0.3, -0.25) is 9.59 Å². The summed E-state index contributed by atoms with van der Waals surface area (Å²) in [7, 11) is 2.76. The Hall–Kier alpha value is -6.16. The number of amides is 4. The number of nitrogens with one attached hydrogen (secondary N) is 4. The van der Waals surface area contributed by atoms with Crippen LogP contribution in [0.3, 0.4) is 0 Å². The number of benzene rings is 3. The number of carbonyl (C=O) groups excluding carboxylic acids is 3. The van der Waals surface area contributed by atoms with Gasteiger partial charge in [0.15, 0.2) is 0 Å². The standard InChI is InChI=1S/C44H52N8O8/c1-21(2)36(49-43(55)56)42(54)52-23(4)8-13-33(52)39-45-18-32(47-39)26-9-11-28-27(15-26)20-60-35-17-29-25(16-30(28)35)10-12-31-38(29)48-40(46-31)34-14-22(3)19-51(34)41(53)37(24(5)58-6)50-44(57)59-7/h9-12,15-18,21-24,33-34,36-37,49H,8,13-14,19-20H2,1-7H3,(H,45,47)(H,46,48)(H,50,57)(H,55,56)/t22-,23-,24-,33-,34-,36-,37-/m0/s1. The normalized spacial score (nSPS) is 21.3. The van der Waals surface area contributed by atoms with Crippen LogP contribution < -0.4 is 15.4 Å². The highest BCUT2D eigenvalue weighted by Crippen LogP contribution is 2.44. The highest BCUT2D eigenvalue weighted by molar-refractivity contribution is 6.07. The molecule has 0 saturated carbocycles. The van der Waals surface area contributed by atoms with E-state index in [0.717, 1.165) is 68.3 Å². The van der Waals surface area contributed by atoms with Gasteiger partial charge in [-0.25, -0.2) is 19.6 Å². The third kappa shape index (κ3) is 7.37. The topological polar surface area (TPSA) is 204 Å². The molecule has 5 heterocycles. The van der Waals surface area contributed by atoms with E-state index in [1.807, 2.05) is 32.9 Å². The van der Waals surface area contributed by atoms with Crippen LogP contribution in [-0.4, -0.2) is 104 Å². The zero-order valence-corrected chi connectivity index (χ0v) is 34.9. The fraction of sp³-hybridized carbons (Fsp3) is 0.455. The SMILES string of the molecule is COC(=O)N[C@H](C(=O)N1C[C@@H](C)C[C@H]1c1nc2c(ccc3cc4c(cc32)OCc2cc(-c3cnc([C@@H]5CC[C@H](C)N5C(=O)[C@@H](NC(=O)O)C(C)C)[nH]3)ccc2-4)[nH]1)[C@H](C)OC. The van der Waals surface area contributed by atoms with E-state index in [1.165, 1.54) is 14.2 Å². The number of aromatic nitrogens is 4. The molecule has 316 valence electrons. The van der Waals surface area contributed by atoms with Gasteiger partial charge in [0, 0.05) is 30.6 Å². The lowest BCUT2D eigenvalue weighted by molar-refractivity contribution is -0.138. The van der Waals surface area contributed by atoms with Gasteiger partial charge >= 0.3 is 12.2 Å². The fourth-order valence-corrected chi connectivity index (χ4v) is 9.14. The molecule has 0 bridgehead atoms. The first-order chi connectivity index (χ1) is 28.8. The van der Waals surface area contributed by atoms with E-state index >= 15 is 0 Å². The number of aromatic amines is 2. The van der Waals surface area contributed by atoms with Crippen molar-refractivity contribution in [3.05, 3.63) is 65.9 Å². The number of alkyl carbamates (subject to hydrolysis) is 1. The van der Waals surface area contributed by atoms with Crippen molar-refractivity contribution in [2.24, 2.45) is 11.8 Å². The number of methoxy groups -OCH3 is 2. The van der Waals surface area contributed by atoms with Crippen LogP contribution in [0.15, 0.2) is 48.7 Å². The van der Waals surface area contributed by atoms with E-state index in [4.69, 9.17) is 24.2 Å². The summed E-state index contributed by atoms with van der Waals surface area (Å²) in [5.41, 5.74) is 6.41. The summed E-state index contributed by atoms with van der Waals surface area (Å²) < 4.78 is 16.7. The van der Waals surface area contributed by atoms with Gasteiger partial charge in [0.25, 0.3) is 0 Å². The smallest absolute Gasteiger partial charge is 0.407 e. The van der Waals surface area contributed by atoms with Crippen molar-refractivity contribution >= 4 is 45.8 Å². The second-order valence-corrected chi connectivity index (χ2v) is 16.8. The van der Waals surface area contributed by atoms with Gasteiger partial charge in [0.2, 0.25) is 11.8 Å². The lowest BCUT2D eigenvalue weighted by atomic mass is 9.92. The van der Waals surface area contributed by atoms with Crippen LogP contribution in [-0.2, 0) is 25.7 Å². The molecule has 0 spiro atoms. The average molecular weight is 821 g/mol. The number of hydrogen-bond acceptors (Lipinski definition) is 9. The second kappa shape index (κ2) is 16.1. The van der Waals surface area contributed by atoms with Crippen molar-refractivity contribution in [3.63, 3.8) is 0 Å². The Morgan fingerprint density at radius 3 is 2.45 bits per heavy atom. The molecule has 2 aromatic heterocycles. The number of nitrogens with zero attached hydrogens (tertiary/aromatic N) is 4. The van der Waals surface area contributed by atoms with Crippen molar-refractivity contribution in [2.75, 3.05) is 20.8 Å². The molecule has 16 nitrogen and oxygen atoms in total. The average Bonchev–Trinajstić information content (AvgIpc) is 4.05. The number of ether oxygens (including phenoxy) is 3. The first-order valence-corrected chi connectivity index (χ1v) is 20.5. The first kappa shape index (κ1) is 40.6. The molecule has 7 atom stereocenters. The first-order valence-electron chi connectivity index (χ1n) is 20.5. The molecule has 3 aromatic carbocycles.